The summed E-state index contributed by atoms with van der Waals surface area (Å²) in [6.07, 6.45) is 0. The maximum absolute atomic E-state index is 13.5. The van der Waals surface area contributed by atoms with E-state index in [1.165, 1.54) is 8.97 Å². The number of rotatable bonds is 9. The Hall–Kier alpha value is -3.27. The number of aromatic nitrogens is 2. The van der Waals surface area contributed by atoms with Gasteiger partial charge in [-0.25, -0.2) is 4.79 Å². The number of benzene rings is 2. The molecule has 0 fully saturated rings. The first-order chi connectivity index (χ1) is 15.5. The zero-order valence-corrected chi connectivity index (χ0v) is 18.2. The van der Waals surface area contributed by atoms with Gasteiger partial charge in [0.05, 0.1) is 28.4 Å². The summed E-state index contributed by atoms with van der Waals surface area (Å²) in [6, 6.07) is 10.4. The second-order valence-corrected chi connectivity index (χ2v) is 8.01. The molecule has 0 saturated carbocycles. The molecule has 32 heavy (non-hydrogen) atoms. The van der Waals surface area contributed by atoms with E-state index in [-0.39, 0.29) is 18.6 Å². The van der Waals surface area contributed by atoms with Crippen LogP contribution >= 0.6 is 0 Å². The molecule has 0 amide bonds. The van der Waals surface area contributed by atoms with E-state index in [4.69, 9.17) is 5.11 Å². The number of hydrogen-bond acceptors (Lipinski definition) is 7. The first-order valence-corrected chi connectivity index (χ1v) is 10.6. The van der Waals surface area contributed by atoms with Gasteiger partial charge in [0, 0.05) is 43.8 Å². The lowest BCUT2D eigenvalue weighted by Gasteiger charge is -2.17. The number of likely N-dealkylation sites (N-methyl/N-ethyl adjacent to an activating group) is 1. The van der Waals surface area contributed by atoms with Crippen LogP contribution in [-0.4, -0.2) is 65.9 Å². The third-order valence-corrected chi connectivity index (χ3v) is 5.59. The number of aliphatic hydroxyl groups excluding tert-OH is 1. The van der Waals surface area contributed by atoms with Crippen molar-refractivity contribution in [3.05, 3.63) is 67.5 Å². The lowest BCUT2D eigenvalue weighted by atomic mass is 10.1. The summed E-state index contributed by atoms with van der Waals surface area (Å²) in [5.41, 5.74) is 0.335. The Bertz CT molecular complexity index is 1440. The van der Waals surface area contributed by atoms with Crippen molar-refractivity contribution in [2.75, 3.05) is 52.2 Å². The van der Waals surface area contributed by atoms with E-state index < -0.39 is 11.2 Å². The van der Waals surface area contributed by atoms with Gasteiger partial charge in [0.25, 0.3) is 5.56 Å². The van der Waals surface area contributed by atoms with Gasteiger partial charge in [0.15, 0.2) is 5.43 Å². The number of nitrogens with one attached hydrogen (secondary N) is 2. The minimum Gasteiger partial charge on any atom is -0.395 e. The van der Waals surface area contributed by atoms with Crippen LogP contribution in [0.3, 0.4) is 0 Å². The van der Waals surface area contributed by atoms with Crippen LogP contribution in [0.5, 0.6) is 0 Å². The smallest absolute Gasteiger partial charge is 0.336 e. The van der Waals surface area contributed by atoms with Gasteiger partial charge in [0.1, 0.15) is 0 Å². The number of pyridine rings is 1. The molecule has 0 radical (unpaired) electrons. The lowest BCUT2D eigenvalue weighted by molar-refractivity contribution is 0.293. The molecule has 9 heteroatoms. The van der Waals surface area contributed by atoms with Crippen LogP contribution in [0.25, 0.3) is 27.2 Å². The summed E-state index contributed by atoms with van der Waals surface area (Å²) in [4.78, 5) is 42.1. The van der Waals surface area contributed by atoms with Crippen molar-refractivity contribution in [1.82, 2.24) is 19.2 Å². The predicted molar refractivity (Wildman–Crippen MR) is 127 cm³/mol. The molecule has 9 nitrogen and oxygen atoms in total. The van der Waals surface area contributed by atoms with Crippen molar-refractivity contribution in [2.45, 2.75) is 6.54 Å². The maximum atomic E-state index is 13.5. The Balaban J connectivity index is 2.01. The van der Waals surface area contributed by atoms with Crippen LogP contribution < -0.4 is 27.3 Å². The molecule has 0 bridgehead atoms. The lowest BCUT2D eigenvalue weighted by Crippen LogP contribution is -2.40. The molecule has 0 spiro atoms. The maximum Gasteiger partial charge on any atom is 0.336 e. The van der Waals surface area contributed by atoms with Crippen molar-refractivity contribution in [3.8, 4) is 0 Å². The molecule has 0 aliphatic heterocycles. The quantitative estimate of drug-likeness (QED) is 0.194. The highest BCUT2D eigenvalue weighted by Gasteiger charge is 2.20. The van der Waals surface area contributed by atoms with Crippen LogP contribution in [0.15, 0.2) is 50.8 Å². The molecule has 168 valence electrons. The molecule has 4 aromatic rings. The zero-order valence-electron chi connectivity index (χ0n) is 18.2. The molecule has 0 atom stereocenters. The molecule has 0 aliphatic carbocycles. The van der Waals surface area contributed by atoms with Crippen LogP contribution in [0.4, 0.5) is 5.69 Å². The van der Waals surface area contributed by atoms with Gasteiger partial charge in [-0.2, -0.15) is 0 Å². The minimum atomic E-state index is -0.452. The van der Waals surface area contributed by atoms with Crippen LogP contribution in [0.2, 0.25) is 0 Å². The molecule has 3 N–H and O–H groups in total. The fraction of sp³-hybridized carbons (Fsp3) is 0.348. The number of aliphatic hydroxyl groups is 1. The Morgan fingerprint density at radius 1 is 0.969 bits per heavy atom. The van der Waals surface area contributed by atoms with Crippen LogP contribution in [-0.2, 0) is 6.54 Å². The Morgan fingerprint density at radius 3 is 2.50 bits per heavy atom. The average Bonchev–Trinajstić information content (AvgIpc) is 2.78. The van der Waals surface area contributed by atoms with E-state index in [1.54, 1.807) is 36.4 Å². The summed E-state index contributed by atoms with van der Waals surface area (Å²) in [5.74, 6) is 0. The summed E-state index contributed by atoms with van der Waals surface area (Å²) in [7, 11) is 3.76. The fourth-order valence-corrected chi connectivity index (χ4v) is 4.03. The minimum absolute atomic E-state index is 0.0445. The SMILES string of the molecule is CN(C)CCn1c(=O)c2ccc(NCCNCCO)c3c(=O)c4ccccc4n(c1=O)c23. The molecular weight excluding hydrogens is 410 g/mol. The second kappa shape index (κ2) is 9.07. The number of fused-ring (bicyclic) bond motifs is 2. The van der Waals surface area contributed by atoms with E-state index in [1.807, 2.05) is 19.0 Å². The molecule has 2 aromatic heterocycles. The number of nitrogens with zero attached hydrogens (tertiary/aromatic N) is 3. The molecule has 0 saturated heterocycles. The standard InChI is InChI=1S/C23H27N5O4/c1-26(2)12-13-27-22(31)16-7-8-17(25-10-9-24-11-14-29)19-20(16)28(23(27)32)18-6-4-3-5-15(18)21(19)30/h3-8,24-25,29H,9-14H2,1-2H3. The van der Waals surface area contributed by atoms with Crippen LogP contribution in [0, 0.1) is 0 Å². The number of anilines is 1. The molecule has 4 rings (SSSR count). The van der Waals surface area contributed by atoms with Crippen molar-refractivity contribution >= 4 is 32.9 Å². The van der Waals surface area contributed by atoms with Gasteiger partial charge in [0.2, 0.25) is 0 Å². The third-order valence-electron chi connectivity index (χ3n) is 5.59. The van der Waals surface area contributed by atoms with Gasteiger partial charge >= 0.3 is 5.69 Å². The molecule has 2 aromatic carbocycles. The highest BCUT2D eigenvalue weighted by atomic mass is 16.3. The first kappa shape index (κ1) is 21.9. The monoisotopic (exact) mass is 437 g/mol. The largest absolute Gasteiger partial charge is 0.395 e. The highest BCUT2D eigenvalue weighted by molar-refractivity contribution is 6.07. The Labute approximate surface area is 183 Å². The third kappa shape index (κ3) is 3.75. The zero-order chi connectivity index (χ0) is 22.8. The van der Waals surface area contributed by atoms with E-state index in [2.05, 4.69) is 10.6 Å². The van der Waals surface area contributed by atoms with Crippen molar-refractivity contribution in [3.63, 3.8) is 0 Å². The Morgan fingerprint density at radius 2 is 1.75 bits per heavy atom. The first-order valence-electron chi connectivity index (χ1n) is 10.6. The highest BCUT2D eigenvalue weighted by Crippen LogP contribution is 2.26. The van der Waals surface area contributed by atoms with E-state index in [9.17, 15) is 14.4 Å². The normalized spacial score (nSPS) is 11.9. The fourth-order valence-electron chi connectivity index (χ4n) is 4.03. The summed E-state index contributed by atoms with van der Waals surface area (Å²) >= 11 is 0. The number of para-hydroxylation sites is 1. The van der Waals surface area contributed by atoms with E-state index in [0.29, 0.717) is 59.1 Å². The van der Waals surface area contributed by atoms with Crippen molar-refractivity contribution in [1.29, 1.82) is 0 Å². The van der Waals surface area contributed by atoms with Crippen molar-refractivity contribution < 1.29 is 5.11 Å². The van der Waals surface area contributed by atoms with E-state index >= 15 is 0 Å². The number of hydrogen-bond donors (Lipinski definition) is 3. The summed E-state index contributed by atoms with van der Waals surface area (Å²) in [6.45, 7) is 2.41. The summed E-state index contributed by atoms with van der Waals surface area (Å²) in [5, 5.41) is 16.3. The van der Waals surface area contributed by atoms with Gasteiger partial charge in [-0.05, 0) is 38.4 Å². The van der Waals surface area contributed by atoms with Gasteiger partial charge in [-0.3, -0.25) is 18.6 Å². The topological polar surface area (TPSA) is 108 Å². The van der Waals surface area contributed by atoms with Gasteiger partial charge in [-0.1, -0.05) is 12.1 Å². The van der Waals surface area contributed by atoms with Gasteiger partial charge < -0.3 is 20.6 Å². The second-order valence-electron chi connectivity index (χ2n) is 8.01. The average molecular weight is 438 g/mol. The van der Waals surface area contributed by atoms with E-state index in [0.717, 1.165) is 0 Å². The van der Waals surface area contributed by atoms with Crippen molar-refractivity contribution in [2.24, 2.45) is 0 Å². The van der Waals surface area contributed by atoms with Crippen LogP contribution in [0.1, 0.15) is 0 Å². The predicted octanol–water partition coefficient (Wildman–Crippen LogP) is 0.121. The molecule has 2 heterocycles. The Kier molecular flexibility index (Phi) is 6.22. The molecular formula is C23H27N5O4. The molecule has 0 unspecified atom stereocenters. The van der Waals surface area contributed by atoms with Gasteiger partial charge in [-0.15, -0.1) is 0 Å². The molecule has 0 aliphatic rings. The summed E-state index contributed by atoms with van der Waals surface area (Å²) < 4.78 is 2.73.